The van der Waals surface area contributed by atoms with Crippen LogP contribution in [0.2, 0.25) is 5.02 Å². The van der Waals surface area contributed by atoms with Crippen molar-refractivity contribution in [3.05, 3.63) is 69.7 Å². The second-order valence-electron chi connectivity index (χ2n) is 8.11. The summed E-state index contributed by atoms with van der Waals surface area (Å²) in [6, 6.07) is 13.3. The van der Waals surface area contributed by atoms with Gasteiger partial charge in [-0.15, -0.1) is 0 Å². The number of sulfonamides is 1. The van der Waals surface area contributed by atoms with Crippen LogP contribution in [0.4, 0.5) is 0 Å². The van der Waals surface area contributed by atoms with Crippen LogP contribution in [0, 0.1) is 5.92 Å². The van der Waals surface area contributed by atoms with Crippen molar-refractivity contribution in [2.45, 2.75) is 51.8 Å². The number of hydrogen-bond donors (Lipinski definition) is 1. The largest absolute Gasteiger partial charge is 0.352 e. The lowest BCUT2D eigenvalue weighted by molar-refractivity contribution is -0.126. The van der Waals surface area contributed by atoms with Gasteiger partial charge in [0.2, 0.25) is 15.9 Å². The van der Waals surface area contributed by atoms with Crippen LogP contribution >= 0.6 is 11.6 Å². The second kappa shape index (κ2) is 10.6. The molecule has 1 saturated heterocycles. The van der Waals surface area contributed by atoms with E-state index in [1.165, 1.54) is 15.4 Å². The van der Waals surface area contributed by atoms with Gasteiger partial charge < -0.3 is 5.32 Å². The first-order valence-corrected chi connectivity index (χ1v) is 12.9. The highest BCUT2D eigenvalue weighted by molar-refractivity contribution is 7.88. The molecular weight excluding hydrogens is 432 g/mol. The van der Waals surface area contributed by atoms with Gasteiger partial charge in [0.1, 0.15) is 0 Å². The van der Waals surface area contributed by atoms with Crippen molar-refractivity contribution in [3.63, 3.8) is 0 Å². The standard InChI is InChI=1S/C24H31ClN2O3S/c1-3-18-7-10-20(4-2)22(14-18)15-26-24(28)21-6-5-13-27(16-21)31(29,30)17-19-8-11-23(25)12-9-19/h7-12,14,21H,3-6,13,15-17H2,1-2H3,(H,26,28)/t21-/m0/s1. The summed E-state index contributed by atoms with van der Waals surface area (Å²) in [4.78, 5) is 12.8. The minimum absolute atomic E-state index is 0.0738. The maximum Gasteiger partial charge on any atom is 0.224 e. The van der Waals surface area contributed by atoms with Crippen molar-refractivity contribution in [2.75, 3.05) is 13.1 Å². The molecule has 5 nitrogen and oxygen atoms in total. The molecule has 0 unspecified atom stereocenters. The average molecular weight is 463 g/mol. The van der Waals surface area contributed by atoms with Crippen LogP contribution in [-0.2, 0) is 40.0 Å². The Labute approximate surface area is 190 Å². The Balaban J connectivity index is 1.62. The number of nitrogens with one attached hydrogen (secondary N) is 1. The third kappa shape index (κ3) is 6.31. The zero-order valence-electron chi connectivity index (χ0n) is 18.2. The number of amides is 1. The highest BCUT2D eigenvalue weighted by Crippen LogP contribution is 2.23. The van der Waals surface area contributed by atoms with E-state index in [1.54, 1.807) is 24.3 Å². The van der Waals surface area contributed by atoms with E-state index < -0.39 is 10.0 Å². The maximum atomic E-state index is 12.9. The van der Waals surface area contributed by atoms with E-state index >= 15 is 0 Å². The van der Waals surface area contributed by atoms with Gasteiger partial charge in [-0.05, 0) is 60.1 Å². The van der Waals surface area contributed by atoms with Gasteiger partial charge in [-0.1, -0.05) is 55.8 Å². The fraction of sp³-hybridized carbons (Fsp3) is 0.458. The van der Waals surface area contributed by atoms with Gasteiger partial charge >= 0.3 is 0 Å². The summed E-state index contributed by atoms with van der Waals surface area (Å²) in [6.07, 6.45) is 3.25. The van der Waals surface area contributed by atoms with Crippen LogP contribution in [0.5, 0.6) is 0 Å². The Morgan fingerprint density at radius 3 is 2.45 bits per heavy atom. The first-order chi connectivity index (χ1) is 14.8. The minimum Gasteiger partial charge on any atom is -0.352 e. The molecule has 31 heavy (non-hydrogen) atoms. The topological polar surface area (TPSA) is 66.5 Å². The Morgan fingerprint density at radius 2 is 1.77 bits per heavy atom. The predicted molar refractivity (Wildman–Crippen MR) is 125 cm³/mol. The van der Waals surface area contributed by atoms with E-state index in [9.17, 15) is 13.2 Å². The zero-order chi connectivity index (χ0) is 22.4. The Morgan fingerprint density at radius 1 is 1.06 bits per heavy atom. The van der Waals surface area contributed by atoms with Crippen molar-refractivity contribution in [3.8, 4) is 0 Å². The van der Waals surface area contributed by atoms with Crippen LogP contribution in [0.25, 0.3) is 0 Å². The summed E-state index contributed by atoms with van der Waals surface area (Å²) in [6.45, 7) is 5.39. The number of rotatable bonds is 8. The van der Waals surface area contributed by atoms with E-state index in [2.05, 4.69) is 37.4 Å². The molecule has 1 amide bonds. The number of piperidine rings is 1. The Kier molecular flexibility index (Phi) is 8.14. The number of carbonyl (C=O) groups is 1. The molecule has 7 heteroatoms. The molecule has 168 valence electrons. The van der Waals surface area contributed by atoms with Gasteiger partial charge in [0.15, 0.2) is 0 Å². The zero-order valence-corrected chi connectivity index (χ0v) is 19.8. The van der Waals surface area contributed by atoms with Gasteiger partial charge in [-0.3, -0.25) is 4.79 Å². The van der Waals surface area contributed by atoms with E-state index in [1.807, 2.05) is 0 Å². The van der Waals surface area contributed by atoms with Crippen LogP contribution in [0.1, 0.15) is 48.9 Å². The van der Waals surface area contributed by atoms with Crippen LogP contribution in [-0.4, -0.2) is 31.7 Å². The van der Waals surface area contributed by atoms with Crippen LogP contribution in [0.15, 0.2) is 42.5 Å². The molecule has 1 heterocycles. The summed E-state index contributed by atoms with van der Waals surface area (Å²) in [5.41, 5.74) is 4.31. The maximum absolute atomic E-state index is 12.9. The van der Waals surface area contributed by atoms with Crippen molar-refractivity contribution >= 4 is 27.5 Å². The third-order valence-corrected chi connectivity index (χ3v) is 7.99. The monoisotopic (exact) mass is 462 g/mol. The molecule has 0 aromatic heterocycles. The normalized spacial score (nSPS) is 17.5. The Hall–Kier alpha value is -1.89. The SMILES string of the molecule is CCc1ccc(CC)c(CNC(=O)[C@H]2CCCN(S(=O)(=O)Cc3ccc(Cl)cc3)C2)c1. The highest BCUT2D eigenvalue weighted by Gasteiger charge is 2.32. The lowest BCUT2D eigenvalue weighted by Gasteiger charge is -2.31. The molecule has 2 aromatic carbocycles. The first kappa shape index (κ1) is 23.8. The molecule has 0 saturated carbocycles. The summed E-state index contributed by atoms with van der Waals surface area (Å²) < 4.78 is 27.3. The predicted octanol–water partition coefficient (Wildman–Crippen LogP) is 4.32. The number of hydrogen-bond acceptors (Lipinski definition) is 3. The number of carbonyl (C=O) groups excluding carboxylic acids is 1. The van der Waals surface area contributed by atoms with E-state index in [0.717, 1.165) is 18.4 Å². The third-order valence-electron chi connectivity index (χ3n) is 5.92. The smallest absolute Gasteiger partial charge is 0.224 e. The van der Waals surface area contributed by atoms with Crippen LogP contribution < -0.4 is 5.32 Å². The van der Waals surface area contributed by atoms with Crippen molar-refractivity contribution in [2.24, 2.45) is 5.92 Å². The molecule has 1 aliphatic heterocycles. The number of nitrogens with zero attached hydrogens (tertiary/aromatic N) is 1. The quantitative estimate of drug-likeness (QED) is 0.635. The fourth-order valence-electron chi connectivity index (χ4n) is 4.03. The van der Waals surface area contributed by atoms with E-state index in [0.29, 0.717) is 36.5 Å². The second-order valence-corrected chi connectivity index (χ2v) is 10.5. The highest BCUT2D eigenvalue weighted by atomic mass is 35.5. The molecule has 0 spiro atoms. The van der Waals surface area contributed by atoms with Crippen molar-refractivity contribution < 1.29 is 13.2 Å². The summed E-state index contributed by atoms with van der Waals surface area (Å²) in [5.74, 6) is -0.481. The van der Waals surface area contributed by atoms with Crippen LogP contribution in [0.3, 0.4) is 0 Å². The molecule has 0 aliphatic carbocycles. The Bertz CT molecular complexity index is 1010. The molecule has 1 fully saturated rings. The summed E-state index contributed by atoms with van der Waals surface area (Å²) in [7, 11) is -3.49. The average Bonchev–Trinajstić information content (AvgIpc) is 2.78. The number of aryl methyl sites for hydroxylation is 2. The number of benzene rings is 2. The molecule has 1 atom stereocenters. The lowest BCUT2D eigenvalue weighted by Crippen LogP contribution is -2.45. The van der Waals surface area contributed by atoms with Crippen molar-refractivity contribution in [1.29, 1.82) is 0 Å². The molecule has 2 aromatic rings. The molecule has 0 radical (unpaired) electrons. The molecule has 1 N–H and O–H groups in total. The van der Waals surface area contributed by atoms with E-state index in [-0.39, 0.29) is 24.1 Å². The minimum atomic E-state index is -3.49. The van der Waals surface area contributed by atoms with Gasteiger partial charge in [-0.2, -0.15) is 0 Å². The van der Waals surface area contributed by atoms with Gasteiger partial charge in [0.05, 0.1) is 11.7 Å². The first-order valence-electron chi connectivity index (χ1n) is 10.9. The number of halogens is 1. The fourth-order valence-corrected chi connectivity index (χ4v) is 5.76. The molecule has 0 bridgehead atoms. The summed E-state index contributed by atoms with van der Waals surface area (Å²) in [5, 5.41) is 3.62. The van der Waals surface area contributed by atoms with Crippen molar-refractivity contribution in [1.82, 2.24) is 9.62 Å². The van der Waals surface area contributed by atoms with Gasteiger partial charge in [-0.25, -0.2) is 12.7 Å². The van der Waals surface area contributed by atoms with Gasteiger partial charge in [0.25, 0.3) is 0 Å². The lowest BCUT2D eigenvalue weighted by atomic mass is 9.97. The van der Waals surface area contributed by atoms with E-state index in [4.69, 9.17) is 11.6 Å². The molecule has 1 aliphatic rings. The van der Waals surface area contributed by atoms with Gasteiger partial charge in [0, 0.05) is 24.7 Å². The molecule has 3 rings (SSSR count). The molecular formula is C24H31ClN2O3S. The summed E-state index contributed by atoms with van der Waals surface area (Å²) >= 11 is 5.89.